The topological polar surface area (TPSA) is 98.0 Å². The zero-order valence-corrected chi connectivity index (χ0v) is 18.5. The number of sulfonamides is 1. The molecule has 30 heavy (non-hydrogen) atoms. The number of rotatable bonds is 6. The largest absolute Gasteiger partial charge is 0.441 e. The van der Waals surface area contributed by atoms with Gasteiger partial charge in [0.25, 0.3) is 0 Å². The maximum atomic E-state index is 13.1. The van der Waals surface area contributed by atoms with Gasteiger partial charge in [-0.2, -0.15) is 0 Å². The molecule has 158 valence electrons. The van der Waals surface area contributed by atoms with Gasteiger partial charge in [0.2, 0.25) is 10.0 Å². The predicted molar refractivity (Wildman–Crippen MR) is 116 cm³/mol. The van der Waals surface area contributed by atoms with Crippen molar-refractivity contribution in [2.45, 2.75) is 60.9 Å². The van der Waals surface area contributed by atoms with Crippen molar-refractivity contribution in [2.75, 3.05) is 0 Å². The summed E-state index contributed by atoms with van der Waals surface area (Å²) in [5.41, 5.74) is 1.40. The Morgan fingerprint density at radius 2 is 1.80 bits per heavy atom. The molecule has 0 amide bonds. The third kappa shape index (κ3) is 4.91. The molecule has 2 heterocycles. The molecule has 0 spiro atoms. The molecule has 0 atom stereocenters. The van der Waals surface area contributed by atoms with Crippen molar-refractivity contribution in [3.8, 4) is 11.3 Å². The van der Waals surface area contributed by atoms with Gasteiger partial charge in [0.15, 0.2) is 16.8 Å². The molecule has 1 aliphatic carbocycles. The molecule has 0 saturated heterocycles. The number of aryl methyl sites for hydroxylation is 2. The maximum absolute atomic E-state index is 13.1. The third-order valence-electron chi connectivity index (χ3n) is 5.19. The lowest BCUT2D eigenvalue weighted by molar-refractivity contribution is 0.419. The van der Waals surface area contributed by atoms with Crippen LogP contribution in [0.1, 0.15) is 37.1 Å². The molecule has 2 aromatic heterocycles. The van der Waals surface area contributed by atoms with Gasteiger partial charge in [-0.05, 0) is 50.3 Å². The number of benzene rings is 1. The zero-order valence-electron chi connectivity index (χ0n) is 16.9. The summed E-state index contributed by atoms with van der Waals surface area (Å²) in [6, 6.07) is 7.04. The molecule has 7 nitrogen and oxygen atoms in total. The maximum Gasteiger partial charge on any atom is 0.241 e. The van der Waals surface area contributed by atoms with Crippen LogP contribution in [-0.2, 0) is 10.0 Å². The number of aromatic nitrogens is 3. The molecule has 1 fully saturated rings. The van der Waals surface area contributed by atoms with Crippen molar-refractivity contribution < 1.29 is 12.8 Å². The van der Waals surface area contributed by atoms with Crippen molar-refractivity contribution in [2.24, 2.45) is 0 Å². The summed E-state index contributed by atoms with van der Waals surface area (Å²) < 4.78 is 34.7. The number of hydrogen-bond acceptors (Lipinski definition) is 7. The quantitative estimate of drug-likeness (QED) is 0.571. The van der Waals surface area contributed by atoms with Gasteiger partial charge in [-0.15, -0.1) is 0 Å². The molecule has 0 radical (unpaired) electrons. The molecular formula is C21H24N4O3S2. The highest BCUT2D eigenvalue weighted by molar-refractivity contribution is 7.99. The van der Waals surface area contributed by atoms with Crippen LogP contribution in [0.5, 0.6) is 0 Å². The average Bonchev–Trinajstić information content (AvgIpc) is 3.16. The minimum absolute atomic E-state index is 0.0703. The second-order valence-electron chi connectivity index (χ2n) is 7.47. The number of hydrogen-bond donors (Lipinski definition) is 1. The first-order valence-electron chi connectivity index (χ1n) is 9.90. The zero-order chi connectivity index (χ0) is 21.1. The van der Waals surface area contributed by atoms with Crippen molar-refractivity contribution >= 4 is 21.8 Å². The van der Waals surface area contributed by atoms with Crippen LogP contribution in [0.4, 0.5) is 0 Å². The molecular weight excluding hydrogens is 420 g/mol. The Morgan fingerprint density at radius 1 is 1.07 bits per heavy atom. The highest BCUT2D eigenvalue weighted by Crippen LogP contribution is 2.33. The summed E-state index contributed by atoms with van der Waals surface area (Å²) in [6.45, 7) is 3.56. The van der Waals surface area contributed by atoms with Crippen LogP contribution in [0.25, 0.3) is 11.3 Å². The molecule has 1 aromatic carbocycles. The Balaban J connectivity index is 1.42. The summed E-state index contributed by atoms with van der Waals surface area (Å²) in [6.07, 6.45) is 8.53. The summed E-state index contributed by atoms with van der Waals surface area (Å²) in [5.74, 6) is 1.10. The monoisotopic (exact) mass is 444 g/mol. The van der Waals surface area contributed by atoms with Crippen molar-refractivity contribution in [3.05, 3.63) is 54.3 Å². The Bertz CT molecular complexity index is 1110. The van der Waals surface area contributed by atoms with Crippen molar-refractivity contribution in [1.82, 2.24) is 19.7 Å². The second-order valence-corrected chi connectivity index (χ2v) is 10.4. The van der Waals surface area contributed by atoms with Gasteiger partial charge in [-0.25, -0.2) is 28.1 Å². The fourth-order valence-corrected chi connectivity index (χ4v) is 6.24. The second kappa shape index (κ2) is 8.87. The third-order valence-corrected chi connectivity index (χ3v) is 8.08. The molecule has 1 N–H and O–H groups in total. The van der Waals surface area contributed by atoms with E-state index in [1.807, 2.05) is 6.07 Å². The van der Waals surface area contributed by atoms with Gasteiger partial charge in [-0.3, -0.25) is 0 Å². The number of thioether (sulfide) groups is 1. The van der Waals surface area contributed by atoms with E-state index in [9.17, 15) is 8.42 Å². The lowest BCUT2D eigenvalue weighted by Gasteiger charge is -2.28. The molecule has 1 aliphatic rings. The van der Waals surface area contributed by atoms with E-state index in [4.69, 9.17) is 4.42 Å². The Hall–Kier alpha value is -2.23. The van der Waals surface area contributed by atoms with Gasteiger partial charge < -0.3 is 4.42 Å². The molecule has 3 aromatic rings. The molecule has 4 rings (SSSR count). The SMILES string of the molecule is Cc1ncc(-c2ccc(C)c(S(=O)(=O)NC3CCC(Sc4ncccn4)CC3)c2)o1. The van der Waals surface area contributed by atoms with Crippen LogP contribution in [0, 0.1) is 13.8 Å². The summed E-state index contributed by atoms with van der Waals surface area (Å²) in [7, 11) is -3.63. The van der Waals surface area contributed by atoms with Crippen LogP contribution < -0.4 is 4.72 Å². The number of oxazole rings is 1. The minimum Gasteiger partial charge on any atom is -0.441 e. The fourth-order valence-electron chi connectivity index (χ4n) is 3.61. The van der Waals surface area contributed by atoms with E-state index in [1.54, 1.807) is 62.4 Å². The summed E-state index contributed by atoms with van der Waals surface area (Å²) in [5, 5.41) is 1.18. The van der Waals surface area contributed by atoms with E-state index in [0.717, 1.165) is 30.8 Å². The van der Waals surface area contributed by atoms with Crippen LogP contribution in [0.2, 0.25) is 0 Å². The first-order chi connectivity index (χ1) is 14.4. The first kappa shape index (κ1) is 21.0. The van der Waals surface area contributed by atoms with E-state index in [-0.39, 0.29) is 10.9 Å². The van der Waals surface area contributed by atoms with E-state index in [1.165, 1.54) is 0 Å². The van der Waals surface area contributed by atoms with E-state index >= 15 is 0 Å². The highest BCUT2D eigenvalue weighted by atomic mass is 32.2. The fraction of sp³-hybridized carbons (Fsp3) is 0.381. The summed E-state index contributed by atoms with van der Waals surface area (Å²) in [4.78, 5) is 12.9. The Labute approximate surface area is 180 Å². The normalized spacial score (nSPS) is 19.7. The van der Waals surface area contributed by atoms with E-state index < -0.39 is 10.0 Å². The minimum atomic E-state index is -3.63. The van der Waals surface area contributed by atoms with Crippen LogP contribution >= 0.6 is 11.8 Å². The lowest BCUT2D eigenvalue weighted by Crippen LogP contribution is -2.38. The van der Waals surface area contributed by atoms with E-state index in [2.05, 4.69) is 19.7 Å². The van der Waals surface area contributed by atoms with Gasteiger partial charge >= 0.3 is 0 Å². The number of nitrogens with one attached hydrogen (secondary N) is 1. The predicted octanol–water partition coefficient (Wildman–Crippen LogP) is 4.13. The number of nitrogens with zero attached hydrogens (tertiary/aromatic N) is 3. The van der Waals surface area contributed by atoms with Crippen LogP contribution in [-0.4, -0.2) is 34.7 Å². The van der Waals surface area contributed by atoms with Crippen molar-refractivity contribution in [1.29, 1.82) is 0 Å². The van der Waals surface area contributed by atoms with Gasteiger partial charge in [0, 0.05) is 36.2 Å². The first-order valence-corrected chi connectivity index (χ1v) is 12.3. The molecule has 0 aliphatic heterocycles. The molecule has 9 heteroatoms. The molecule has 0 bridgehead atoms. The standard InChI is InChI=1S/C21H24N4O3S2/c1-14-4-5-16(19-13-24-15(2)28-19)12-20(14)30(26,27)25-17-6-8-18(9-7-17)29-21-22-10-3-11-23-21/h3-5,10-13,17-18,25H,6-9H2,1-2H3. The van der Waals surface area contributed by atoms with Gasteiger partial charge in [0.1, 0.15) is 0 Å². The van der Waals surface area contributed by atoms with Crippen LogP contribution in [0.15, 0.2) is 57.3 Å². The van der Waals surface area contributed by atoms with Gasteiger partial charge in [0.05, 0.1) is 11.1 Å². The Morgan fingerprint density at radius 3 is 2.47 bits per heavy atom. The smallest absolute Gasteiger partial charge is 0.241 e. The lowest BCUT2D eigenvalue weighted by atomic mass is 9.96. The van der Waals surface area contributed by atoms with Crippen LogP contribution in [0.3, 0.4) is 0 Å². The summed E-state index contributed by atoms with van der Waals surface area (Å²) >= 11 is 1.67. The average molecular weight is 445 g/mol. The molecule has 1 saturated carbocycles. The van der Waals surface area contributed by atoms with E-state index in [0.29, 0.717) is 28.0 Å². The van der Waals surface area contributed by atoms with Crippen molar-refractivity contribution in [3.63, 3.8) is 0 Å². The van der Waals surface area contributed by atoms with Gasteiger partial charge in [-0.1, -0.05) is 23.9 Å². The molecule has 0 unspecified atom stereocenters. The Kier molecular flexibility index (Phi) is 6.21. The highest BCUT2D eigenvalue weighted by Gasteiger charge is 2.27.